The fourth-order valence-corrected chi connectivity index (χ4v) is 3.06. The predicted octanol–water partition coefficient (Wildman–Crippen LogP) is 1.87. The third kappa shape index (κ3) is 8.76. The molecule has 1 fully saturated rings. The number of rotatable bonds is 8. The number of hydrogen-bond acceptors (Lipinski definition) is 4. The largest absolute Gasteiger partial charge is 0.391 e. The molecule has 1 aromatic rings. The molecule has 1 aromatic carbocycles. The summed E-state index contributed by atoms with van der Waals surface area (Å²) < 4.78 is 5.44. The standard InChI is InChI=1S/C20H34N4O2.HI/c1-4-21-19(22-15-18(25)14-17-8-6-5-7-9-17)23-16-20(2,3)24-10-12-26-13-11-24;/h5-9,18,25H,4,10-16H2,1-3H3,(H2,21,22,23);1H. The van der Waals surface area contributed by atoms with Gasteiger partial charge in [0.2, 0.25) is 0 Å². The number of benzene rings is 1. The lowest BCUT2D eigenvalue weighted by atomic mass is 10.0. The molecule has 2 rings (SSSR count). The number of aliphatic hydroxyl groups excluding tert-OH is 1. The Balaban J connectivity index is 0.00000364. The van der Waals surface area contributed by atoms with E-state index in [1.54, 1.807) is 0 Å². The van der Waals surface area contributed by atoms with Gasteiger partial charge in [0.1, 0.15) is 0 Å². The summed E-state index contributed by atoms with van der Waals surface area (Å²) in [4.78, 5) is 7.16. The summed E-state index contributed by atoms with van der Waals surface area (Å²) in [5.74, 6) is 0.751. The van der Waals surface area contributed by atoms with Gasteiger partial charge < -0.3 is 20.5 Å². The smallest absolute Gasteiger partial charge is 0.191 e. The molecule has 154 valence electrons. The van der Waals surface area contributed by atoms with Crippen molar-refractivity contribution >= 4 is 29.9 Å². The van der Waals surface area contributed by atoms with E-state index in [-0.39, 0.29) is 29.5 Å². The molecule has 1 saturated heterocycles. The van der Waals surface area contributed by atoms with Gasteiger partial charge in [-0.1, -0.05) is 30.3 Å². The SMILES string of the molecule is CCNC(=NCC(C)(C)N1CCOCC1)NCC(O)Cc1ccccc1.I. The zero-order valence-corrected chi connectivity index (χ0v) is 19.1. The molecule has 0 bridgehead atoms. The molecule has 27 heavy (non-hydrogen) atoms. The van der Waals surface area contributed by atoms with Crippen LogP contribution in [0.1, 0.15) is 26.3 Å². The normalized spacial score (nSPS) is 17.1. The molecule has 1 atom stereocenters. The van der Waals surface area contributed by atoms with Crippen LogP contribution in [0.3, 0.4) is 0 Å². The van der Waals surface area contributed by atoms with E-state index in [4.69, 9.17) is 9.73 Å². The molecule has 7 heteroatoms. The van der Waals surface area contributed by atoms with Crippen molar-refractivity contribution in [2.45, 2.75) is 38.8 Å². The van der Waals surface area contributed by atoms with Gasteiger partial charge in [0.15, 0.2) is 5.96 Å². The number of aliphatic hydroxyl groups is 1. The minimum absolute atomic E-state index is 0. The van der Waals surface area contributed by atoms with E-state index in [2.05, 4.69) is 29.4 Å². The van der Waals surface area contributed by atoms with E-state index in [1.807, 2.05) is 37.3 Å². The number of morpholine rings is 1. The number of halogens is 1. The minimum atomic E-state index is -0.450. The van der Waals surface area contributed by atoms with E-state index in [0.29, 0.717) is 19.5 Å². The summed E-state index contributed by atoms with van der Waals surface area (Å²) in [5, 5.41) is 16.8. The van der Waals surface area contributed by atoms with Crippen molar-refractivity contribution in [3.05, 3.63) is 35.9 Å². The average molecular weight is 490 g/mol. The first-order valence-electron chi connectivity index (χ1n) is 9.58. The minimum Gasteiger partial charge on any atom is -0.391 e. The first kappa shape index (κ1) is 24.1. The second-order valence-electron chi connectivity index (χ2n) is 7.33. The molecule has 0 aliphatic carbocycles. The molecule has 1 aliphatic heterocycles. The molecule has 1 unspecified atom stereocenters. The van der Waals surface area contributed by atoms with Crippen LogP contribution in [-0.4, -0.2) is 73.5 Å². The van der Waals surface area contributed by atoms with E-state index in [9.17, 15) is 5.11 Å². The Morgan fingerprint density at radius 2 is 1.89 bits per heavy atom. The fraction of sp³-hybridized carbons (Fsp3) is 0.650. The molecule has 6 nitrogen and oxygen atoms in total. The summed E-state index contributed by atoms with van der Waals surface area (Å²) in [6, 6.07) is 10.0. The van der Waals surface area contributed by atoms with Crippen LogP contribution in [0.4, 0.5) is 0 Å². The molecule has 3 N–H and O–H groups in total. The van der Waals surface area contributed by atoms with Crippen LogP contribution in [0.15, 0.2) is 35.3 Å². The van der Waals surface area contributed by atoms with Crippen LogP contribution in [0.25, 0.3) is 0 Å². The Hall–Kier alpha value is -0.900. The number of hydrogen-bond donors (Lipinski definition) is 3. The molecule has 0 spiro atoms. The van der Waals surface area contributed by atoms with Crippen molar-refractivity contribution in [2.75, 3.05) is 45.9 Å². The van der Waals surface area contributed by atoms with Gasteiger partial charge in [-0.05, 0) is 26.3 Å². The topological polar surface area (TPSA) is 69.1 Å². The Labute approximate surface area is 180 Å². The predicted molar refractivity (Wildman–Crippen MR) is 122 cm³/mol. The average Bonchev–Trinajstić information content (AvgIpc) is 2.65. The number of nitrogens with one attached hydrogen (secondary N) is 2. The second kappa shape index (κ2) is 12.5. The van der Waals surface area contributed by atoms with E-state index < -0.39 is 6.10 Å². The number of guanidine groups is 1. The molecular weight excluding hydrogens is 455 g/mol. The van der Waals surface area contributed by atoms with E-state index in [0.717, 1.165) is 44.4 Å². The number of ether oxygens (including phenoxy) is 1. The molecule has 1 aliphatic rings. The summed E-state index contributed by atoms with van der Waals surface area (Å²) in [6.07, 6.45) is 0.181. The monoisotopic (exact) mass is 490 g/mol. The van der Waals surface area contributed by atoms with Crippen molar-refractivity contribution in [1.82, 2.24) is 15.5 Å². The van der Waals surface area contributed by atoms with Gasteiger partial charge in [0.05, 0.1) is 25.9 Å². The van der Waals surface area contributed by atoms with Crippen molar-refractivity contribution in [3.63, 3.8) is 0 Å². The second-order valence-corrected chi connectivity index (χ2v) is 7.33. The van der Waals surface area contributed by atoms with Gasteiger partial charge >= 0.3 is 0 Å². The van der Waals surface area contributed by atoms with Gasteiger partial charge in [-0.25, -0.2) is 0 Å². The highest BCUT2D eigenvalue weighted by Gasteiger charge is 2.28. The van der Waals surface area contributed by atoms with Crippen LogP contribution in [0, 0.1) is 0 Å². The number of aliphatic imine (C=N–C) groups is 1. The first-order chi connectivity index (χ1) is 12.5. The van der Waals surface area contributed by atoms with Crippen LogP contribution >= 0.6 is 24.0 Å². The Kier molecular flexibility index (Phi) is 11.2. The lowest BCUT2D eigenvalue weighted by Gasteiger charge is -2.39. The van der Waals surface area contributed by atoms with Gasteiger partial charge in [-0.2, -0.15) is 0 Å². The molecular formula is C20H35IN4O2. The first-order valence-corrected chi connectivity index (χ1v) is 9.58. The highest BCUT2D eigenvalue weighted by Crippen LogP contribution is 2.16. The van der Waals surface area contributed by atoms with Gasteiger partial charge in [-0.3, -0.25) is 9.89 Å². The van der Waals surface area contributed by atoms with E-state index in [1.165, 1.54) is 0 Å². The van der Waals surface area contributed by atoms with Crippen LogP contribution in [0.2, 0.25) is 0 Å². The summed E-state index contributed by atoms with van der Waals surface area (Å²) in [7, 11) is 0. The maximum atomic E-state index is 10.3. The van der Waals surface area contributed by atoms with Gasteiger partial charge in [0.25, 0.3) is 0 Å². The summed E-state index contributed by atoms with van der Waals surface area (Å²) in [6.45, 7) is 11.9. The quantitative estimate of drug-likeness (QED) is 0.295. The maximum absolute atomic E-state index is 10.3. The summed E-state index contributed by atoms with van der Waals surface area (Å²) in [5.41, 5.74) is 1.12. The van der Waals surface area contributed by atoms with Crippen LogP contribution in [-0.2, 0) is 11.2 Å². The van der Waals surface area contributed by atoms with Crippen molar-refractivity contribution < 1.29 is 9.84 Å². The summed E-state index contributed by atoms with van der Waals surface area (Å²) >= 11 is 0. The van der Waals surface area contributed by atoms with Gasteiger partial charge in [0, 0.05) is 38.1 Å². The molecule has 1 heterocycles. The molecule has 0 saturated carbocycles. The van der Waals surface area contributed by atoms with Crippen molar-refractivity contribution in [1.29, 1.82) is 0 Å². The molecule has 0 aromatic heterocycles. The lowest BCUT2D eigenvalue weighted by molar-refractivity contribution is -0.00684. The maximum Gasteiger partial charge on any atom is 0.191 e. The third-order valence-electron chi connectivity index (χ3n) is 4.65. The Bertz CT molecular complexity index is 548. The highest BCUT2D eigenvalue weighted by atomic mass is 127. The number of nitrogens with zero attached hydrogens (tertiary/aromatic N) is 2. The zero-order chi connectivity index (χ0) is 18.8. The third-order valence-corrected chi connectivity index (χ3v) is 4.65. The molecule has 0 amide bonds. The van der Waals surface area contributed by atoms with Crippen molar-refractivity contribution in [3.8, 4) is 0 Å². The van der Waals surface area contributed by atoms with Crippen molar-refractivity contribution in [2.24, 2.45) is 4.99 Å². The zero-order valence-electron chi connectivity index (χ0n) is 16.8. The Morgan fingerprint density at radius 3 is 2.52 bits per heavy atom. The Morgan fingerprint density at radius 1 is 1.22 bits per heavy atom. The van der Waals surface area contributed by atoms with Gasteiger partial charge in [-0.15, -0.1) is 24.0 Å². The molecule has 0 radical (unpaired) electrons. The lowest BCUT2D eigenvalue weighted by Crippen LogP contribution is -2.52. The van der Waals surface area contributed by atoms with Crippen LogP contribution in [0.5, 0.6) is 0 Å². The van der Waals surface area contributed by atoms with E-state index >= 15 is 0 Å². The van der Waals surface area contributed by atoms with Crippen LogP contribution < -0.4 is 10.6 Å². The fourth-order valence-electron chi connectivity index (χ4n) is 3.06. The highest BCUT2D eigenvalue weighted by molar-refractivity contribution is 14.0.